The van der Waals surface area contributed by atoms with Crippen LogP contribution in [0.2, 0.25) is 0 Å². The molecule has 0 amide bonds. The summed E-state index contributed by atoms with van der Waals surface area (Å²) in [4.78, 5) is 39.7. The fourth-order valence-electron chi connectivity index (χ4n) is 5.76. The minimum atomic E-state index is -1.14. The number of aromatic nitrogens is 4. The minimum Gasteiger partial charge on any atom is -0.550 e. The zero-order chi connectivity index (χ0) is 30.3. The van der Waals surface area contributed by atoms with Crippen LogP contribution in [-0.2, 0) is 32.8 Å². The molecule has 0 spiro atoms. The molecule has 8 nitrogen and oxygen atoms in total. The van der Waals surface area contributed by atoms with Gasteiger partial charge in [0.25, 0.3) is 0 Å². The molecule has 8 bridgehead atoms. The van der Waals surface area contributed by atoms with Gasteiger partial charge in [-0.05, 0) is 111 Å². The number of nitrogens with zero attached hydrogens (tertiary/aromatic N) is 2. The SMILES string of the molecule is C=CC1=C(C)c2cc3[nH]c(cc4nc(cc5[nH]c(cc1n2)c(C)c5CCC(=O)[O-])C(CCC(=O)[O-])=C4C)c(C)c3C=C.[Co+2]. The van der Waals surface area contributed by atoms with Gasteiger partial charge in [0.05, 0.1) is 22.8 Å². The maximum atomic E-state index is 11.4. The third kappa shape index (κ3) is 5.91. The van der Waals surface area contributed by atoms with Gasteiger partial charge >= 0.3 is 16.8 Å². The Hall–Kier alpha value is -4.47. The summed E-state index contributed by atoms with van der Waals surface area (Å²) in [7, 11) is 0. The summed E-state index contributed by atoms with van der Waals surface area (Å²) in [6.45, 7) is 15.9. The van der Waals surface area contributed by atoms with Gasteiger partial charge in [0.1, 0.15) is 0 Å². The molecule has 0 fully saturated rings. The van der Waals surface area contributed by atoms with Crippen molar-refractivity contribution in [3.05, 3.63) is 88.5 Å². The van der Waals surface area contributed by atoms with E-state index < -0.39 is 11.9 Å². The number of carbonyl (C=O) groups is 2. The Kier molecular flexibility index (Phi) is 9.08. The molecule has 0 atom stereocenters. The Morgan fingerprint density at radius 3 is 1.91 bits per heavy atom. The molecule has 0 aliphatic carbocycles. The van der Waals surface area contributed by atoms with E-state index in [1.165, 1.54) is 0 Å². The predicted molar refractivity (Wildman–Crippen MR) is 163 cm³/mol. The molecule has 221 valence electrons. The number of hydrogen-bond acceptors (Lipinski definition) is 6. The number of H-pyrrole nitrogens is 2. The minimum absolute atomic E-state index is 0. The van der Waals surface area contributed by atoms with Crippen molar-refractivity contribution in [2.75, 3.05) is 0 Å². The number of carboxylic acids is 2. The molecule has 0 saturated heterocycles. The molecule has 3 aromatic rings. The van der Waals surface area contributed by atoms with E-state index >= 15 is 0 Å². The van der Waals surface area contributed by atoms with E-state index in [-0.39, 0.29) is 42.5 Å². The molecule has 2 aliphatic heterocycles. The maximum absolute atomic E-state index is 11.4. The predicted octanol–water partition coefficient (Wildman–Crippen LogP) is 4.83. The topological polar surface area (TPSA) is 138 Å². The Balaban J connectivity index is 0.00000423. The molecule has 2 N–H and O–H groups in total. The number of rotatable bonds is 8. The van der Waals surface area contributed by atoms with Gasteiger partial charge < -0.3 is 29.8 Å². The van der Waals surface area contributed by atoms with Crippen LogP contribution in [-0.4, -0.2) is 31.9 Å². The Labute approximate surface area is 260 Å². The van der Waals surface area contributed by atoms with E-state index in [0.29, 0.717) is 16.9 Å². The molecule has 5 heterocycles. The first kappa shape index (κ1) is 31.5. The number of aryl methyl sites for hydroxylation is 3. The number of allylic oxidation sites excluding steroid dienone is 5. The van der Waals surface area contributed by atoms with Gasteiger partial charge in [0, 0.05) is 45.1 Å². The number of carboxylic acid groups (broad SMARTS) is 2. The Bertz CT molecular complexity index is 1920. The molecule has 0 saturated carbocycles. The maximum Gasteiger partial charge on any atom is 2.00 e. The zero-order valence-electron chi connectivity index (χ0n) is 24.6. The van der Waals surface area contributed by atoms with Gasteiger partial charge in [0.15, 0.2) is 0 Å². The van der Waals surface area contributed by atoms with Crippen molar-refractivity contribution in [3.8, 4) is 0 Å². The number of carbonyl (C=O) groups excluding carboxylic acids is 2. The standard InChI is InChI=1S/C34H34N4O4.Co/c1-7-21-17(3)25-13-26-19(5)23(9-11-33(39)40)31(37-26)16-32-24(10-12-34(41)42)20(6)28(38-32)15-30-22(8-2)18(4)27(36-30)14-29(21)35-25;/h7-8,13-16,35,38H,1-2,9-12H2,3-6H3,(H,39,40)(H,41,42);/q;+2/p-2. The molecule has 0 unspecified atom stereocenters. The fourth-order valence-corrected chi connectivity index (χ4v) is 5.76. The summed E-state index contributed by atoms with van der Waals surface area (Å²) in [6, 6.07) is 7.78. The van der Waals surface area contributed by atoms with Crippen LogP contribution in [0.3, 0.4) is 0 Å². The molecule has 2 aliphatic rings. The van der Waals surface area contributed by atoms with Crippen molar-refractivity contribution in [2.24, 2.45) is 0 Å². The van der Waals surface area contributed by atoms with E-state index in [2.05, 4.69) is 23.1 Å². The second-order valence-corrected chi connectivity index (χ2v) is 10.7. The largest absolute Gasteiger partial charge is 2.00 e. The van der Waals surface area contributed by atoms with Gasteiger partial charge in [-0.2, -0.15) is 0 Å². The molecule has 1 radical (unpaired) electrons. The van der Waals surface area contributed by atoms with Gasteiger partial charge in [0.2, 0.25) is 0 Å². The van der Waals surface area contributed by atoms with Crippen molar-refractivity contribution < 1.29 is 36.6 Å². The average molecular weight is 620 g/mol. The van der Waals surface area contributed by atoms with Crippen LogP contribution < -0.4 is 10.2 Å². The van der Waals surface area contributed by atoms with Gasteiger partial charge in [-0.25, -0.2) is 9.97 Å². The van der Waals surface area contributed by atoms with E-state index in [0.717, 1.165) is 72.5 Å². The molecule has 43 heavy (non-hydrogen) atoms. The Morgan fingerprint density at radius 2 is 1.26 bits per heavy atom. The van der Waals surface area contributed by atoms with Crippen molar-refractivity contribution in [1.29, 1.82) is 0 Å². The second kappa shape index (κ2) is 12.4. The third-order valence-corrected chi connectivity index (χ3v) is 8.20. The molecule has 0 aromatic carbocycles. The van der Waals surface area contributed by atoms with E-state index in [1.54, 1.807) is 6.08 Å². The second-order valence-electron chi connectivity index (χ2n) is 10.7. The molecular formula is C34H32CoN4O4. The van der Waals surface area contributed by atoms with Gasteiger partial charge in [-0.1, -0.05) is 25.3 Å². The molecule has 9 heteroatoms. The van der Waals surface area contributed by atoms with E-state index in [4.69, 9.17) is 9.97 Å². The van der Waals surface area contributed by atoms with Gasteiger partial charge in [-0.15, -0.1) is 0 Å². The zero-order valence-corrected chi connectivity index (χ0v) is 25.6. The van der Waals surface area contributed by atoms with Crippen LogP contribution in [0, 0.1) is 13.8 Å². The number of hydrogen-bond donors (Lipinski definition) is 2. The van der Waals surface area contributed by atoms with Crippen molar-refractivity contribution >= 4 is 62.4 Å². The van der Waals surface area contributed by atoms with E-state index in [9.17, 15) is 19.8 Å². The summed E-state index contributed by atoms with van der Waals surface area (Å²) in [5.74, 6) is -2.28. The quantitative estimate of drug-likeness (QED) is 0.371. The average Bonchev–Trinajstić information content (AvgIpc) is 3.59. The summed E-state index contributed by atoms with van der Waals surface area (Å²) in [6.07, 6.45) is 3.81. The first-order valence-corrected chi connectivity index (χ1v) is 13.8. The number of fused-ring (bicyclic) bond motifs is 8. The summed E-state index contributed by atoms with van der Waals surface area (Å²) in [5.41, 5.74) is 13.3. The number of nitrogens with one attached hydrogen (secondary N) is 2. The summed E-state index contributed by atoms with van der Waals surface area (Å²) < 4.78 is 0. The normalized spacial score (nSPS) is 12.7. The van der Waals surface area contributed by atoms with Crippen LogP contribution in [0.25, 0.3) is 50.4 Å². The monoisotopic (exact) mass is 619 g/mol. The first-order chi connectivity index (χ1) is 20.0. The van der Waals surface area contributed by atoms with E-state index in [1.807, 2.05) is 58.0 Å². The van der Waals surface area contributed by atoms with Crippen molar-refractivity contribution in [1.82, 2.24) is 19.9 Å². The smallest absolute Gasteiger partial charge is 0.550 e. The van der Waals surface area contributed by atoms with Crippen LogP contribution in [0.1, 0.15) is 78.1 Å². The first-order valence-electron chi connectivity index (χ1n) is 13.8. The Morgan fingerprint density at radius 1 is 0.721 bits per heavy atom. The molecule has 5 rings (SSSR count). The van der Waals surface area contributed by atoms with Crippen LogP contribution >= 0.6 is 0 Å². The van der Waals surface area contributed by atoms with Crippen molar-refractivity contribution in [3.63, 3.8) is 0 Å². The fraction of sp³-hybridized carbons (Fsp3) is 0.235. The van der Waals surface area contributed by atoms with Crippen molar-refractivity contribution in [2.45, 2.75) is 53.4 Å². The van der Waals surface area contributed by atoms with Gasteiger partial charge in [-0.3, -0.25) is 0 Å². The third-order valence-electron chi connectivity index (χ3n) is 8.20. The van der Waals surface area contributed by atoms with Crippen LogP contribution in [0.4, 0.5) is 0 Å². The summed E-state index contributed by atoms with van der Waals surface area (Å²) in [5, 5.41) is 22.8. The molecular weight excluding hydrogens is 587 g/mol. The number of aromatic amines is 2. The molecule has 3 aromatic heterocycles. The number of aliphatic carboxylic acids is 2. The van der Waals surface area contributed by atoms with Crippen LogP contribution in [0.15, 0.2) is 43.5 Å². The summed E-state index contributed by atoms with van der Waals surface area (Å²) >= 11 is 0. The van der Waals surface area contributed by atoms with Crippen LogP contribution in [0.5, 0.6) is 0 Å².